The zero-order chi connectivity index (χ0) is 16.3. The van der Waals surface area contributed by atoms with Crippen molar-refractivity contribution in [1.82, 2.24) is 10.2 Å². The number of hydrogen-bond donors (Lipinski definition) is 1. The van der Waals surface area contributed by atoms with E-state index in [0.29, 0.717) is 15.9 Å². The largest absolute Gasteiger partial charge is 0.296 e. The Morgan fingerprint density at radius 2 is 1.82 bits per heavy atom. The van der Waals surface area contributed by atoms with E-state index in [2.05, 4.69) is 50.1 Å². The van der Waals surface area contributed by atoms with Gasteiger partial charge in [0, 0.05) is 10.8 Å². The summed E-state index contributed by atoms with van der Waals surface area (Å²) in [5.41, 5.74) is 1.91. The summed E-state index contributed by atoms with van der Waals surface area (Å²) >= 11 is 3.04. The first-order valence-electron chi connectivity index (χ1n) is 7.18. The van der Waals surface area contributed by atoms with Crippen LogP contribution in [0.25, 0.3) is 0 Å². The molecule has 118 valence electrons. The third-order valence-electron chi connectivity index (χ3n) is 2.98. The Balaban J connectivity index is 2.04. The van der Waals surface area contributed by atoms with Crippen LogP contribution < -0.4 is 5.32 Å². The van der Waals surface area contributed by atoms with Gasteiger partial charge in [0.15, 0.2) is 4.34 Å². The Morgan fingerprint density at radius 1 is 1.18 bits per heavy atom. The molecule has 0 unspecified atom stereocenters. The van der Waals surface area contributed by atoms with Gasteiger partial charge < -0.3 is 0 Å². The van der Waals surface area contributed by atoms with Crippen LogP contribution in [-0.4, -0.2) is 21.4 Å². The van der Waals surface area contributed by atoms with Gasteiger partial charge in [-0.25, -0.2) is 0 Å². The molecule has 1 aromatic carbocycles. The van der Waals surface area contributed by atoms with Gasteiger partial charge in [-0.3, -0.25) is 10.1 Å². The van der Waals surface area contributed by atoms with Crippen LogP contribution in [0.5, 0.6) is 0 Å². The average Bonchev–Trinajstić information content (AvgIpc) is 2.84. The van der Waals surface area contributed by atoms with Crippen molar-refractivity contribution in [2.75, 3.05) is 5.32 Å². The number of nitrogens with one attached hydrogen (secondary N) is 1. The van der Waals surface area contributed by atoms with Crippen molar-refractivity contribution in [3.8, 4) is 0 Å². The first-order chi connectivity index (χ1) is 10.3. The van der Waals surface area contributed by atoms with E-state index in [1.165, 1.54) is 16.9 Å². The molecule has 0 saturated carbocycles. The summed E-state index contributed by atoms with van der Waals surface area (Å²) in [6, 6.07) is 7.69. The van der Waals surface area contributed by atoms with Gasteiger partial charge in [-0.2, -0.15) is 0 Å². The fourth-order valence-corrected chi connectivity index (χ4v) is 3.77. The molecule has 0 atom stereocenters. The maximum absolute atomic E-state index is 12.2. The fourth-order valence-electron chi connectivity index (χ4n) is 1.80. The summed E-state index contributed by atoms with van der Waals surface area (Å²) < 4.78 is 0.869. The Kier molecular flexibility index (Phi) is 5.24. The molecule has 2 aromatic rings. The van der Waals surface area contributed by atoms with E-state index in [1.807, 2.05) is 24.3 Å². The summed E-state index contributed by atoms with van der Waals surface area (Å²) in [4.78, 5) is 12.2. The monoisotopic (exact) mass is 335 g/mol. The van der Waals surface area contributed by atoms with Gasteiger partial charge in [0.05, 0.1) is 0 Å². The molecular formula is C16H21N3OS2. The lowest BCUT2D eigenvalue weighted by Gasteiger charge is -2.18. The molecule has 0 aliphatic heterocycles. The van der Waals surface area contributed by atoms with Crippen molar-refractivity contribution < 1.29 is 4.79 Å². The van der Waals surface area contributed by atoms with Crippen molar-refractivity contribution in [2.45, 2.75) is 49.6 Å². The lowest BCUT2D eigenvalue weighted by atomic mass is 9.87. The third-order valence-corrected chi connectivity index (χ3v) is 4.90. The topological polar surface area (TPSA) is 54.9 Å². The van der Waals surface area contributed by atoms with Crippen LogP contribution in [0.2, 0.25) is 0 Å². The van der Waals surface area contributed by atoms with Gasteiger partial charge in [0.1, 0.15) is 0 Å². The van der Waals surface area contributed by atoms with Gasteiger partial charge in [0.25, 0.3) is 5.91 Å². The van der Waals surface area contributed by atoms with Crippen LogP contribution in [-0.2, 0) is 5.41 Å². The molecule has 1 amide bonds. The van der Waals surface area contributed by atoms with Gasteiger partial charge >= 0.3 is 0 Å². The maximum atomic E-state index is 12.2. The normalized spacial score (nSPS) is 11.7. The van der Waals surface area contributed by atoms with Gasteiger partial charge in [-0.1, -0.05) is 69.9 Å². The van der Waals surface area contributed by atoms with Crippen LogP contribution >= 0.6 is 23.1 Å². The van der Waals surface area contributed by atoms with Crippen molar-refractivity contribution >= 4 is 34.1 Å². The molecule has 22 heavy (non-hydrogen) atoms. The second-order valence-corrected chi connectivity index (χ2v) is 9.12. The lowest BCUT2D eigenvalue weighted by Crippen LogP contribution is -2.14. The molecule has 2 rings (SSSR count). The second kappa shape index (κ2) is 6.79. The molecule has 0 saturated heterocycles. The number of aromatic nitrogens is 2. The fraction of sp³-hybridized carbons (Fsp3) is 0.438. The zero-order valence-corrected chi connectivity index (χ0v) is 15.1. The predicted molar refractivity (Wildman–Crippen MR) is 94.0 cm³/mol. The van der Waals surface area contributed by atoms with Crippen LogP contribution in [0.3, 0.4) is 0 Å². The molecule has 0 bridgehead atoms. The number of hydrogen-bond acceptors (Lipinski definition) is 5. The van der Waals surface area contributed by atoms with Gasteiger partial charge in [-0.05, 0) is 23.1 Å². The minimum atomic E-state index is -0.155. The first kappa shape index (κ1) is 17.0. The highest BCUT2D eigenvalue weighted by Gasteiger charge is 2.15. The Hall–Kier alpha value is -1.40. The molecule has 1 aromatic heterocycles. The summed E-state index contributed by atoms with van der Waals surface area (Å²) in [5, 5.41) is 11.9. The highest BCUT2D eigenvalue weighted by atomic mass is 32.2. The minimum absolute atomic E-state index is 0.0806. The van der Waals surface area contributed by atoms with E-state index in [9.17, 15) is 4.79 Å². The van der Waals surface area contributed by atoms with Gasteiger partial charge in [0.2, 0.25) is 5.13 Å². The number of carbonyl (C=O) groups excluding carboxylic acids is 1. The van der Waals surface area contributed by atoms with E-state index in [1.54, 1.807) is 11.8 Å². The van der Waals surface area contributed by atoms with Gasteiger partial charge in [-0.15, -0.1) is 10.2 Å². The standard InChI is InChI=1S/C16H21N3OS2/c1-10(2)21-15-19-18-14(22-15)17-13(20)11-6-8-12(9-7-11)16(3,4)5/h6-10H,1-5H3,(H,17,18,20). The highest BCUT2D eigenvalue weighted by Crippen LogP contribution is 2.29. The van der Waals surface area contributed by atoms with E-state index < -0.39 is 0 Å². The van der Waals surface area contributed by atoms with Crippen molar-refractivity contribution in [2.24, 2.45) is 0 Å². The summed E-state index contributed by atoms with van der Waals surface area (Å²) in [7, 11) is 0. The number of anilines is 1. The van der Waals surface area contributed by atoms with Crippen LogP contribution in [0, 0.1) is 0 Å². The lowest BCUT2D eigenvalue weighted by molar-refractivity contribution is 0.102. The molecule has 4 nitrogen and oxygen atoms in total. The first-order valence-corrected chi connectivity index (χ1v) is 8.87. The number of nitrogens with zero attached hydrogens (tertiary/aromatic N) is 2. The Bertz CT molecular complexity index is 642. The Labute approximate surface area is 139 Å². The molecular weight excluding hydrogens is 314 g/mol. The highest BCUT2D eigenvalue weighted by molar-refractivity contribution is 8.01. The number of carbonyl (C=O) groups is 1. The second-order valence-electron chi connectivity index (χ2n) is 6.32. The Morgan fingerprint density at radius 3 is 2.36 bits per heavy atom. The number of amides is 1. The van der Waals surface area contributed by atoms with E-state index in [0.717, 1.165) is 4.34 Å². The van der Waals surface area contributed by atoms with Crippen molar-refractivity contribution in [1.29, 1.82) is 0 Å². The molecule has 0 spiro atoms. The smallest absolute Gasteiger partial charge is 0.257 e. The average molecular weight is 335 g/mol. The van der Waals surface area contributed by atoms with E-state index in [4.69, 9.17) is 0 Å². The molecule has 0 fully saturated rings. The molecule has 0 radical (unpaired) electrons. The van der Waals surface area contributed by atoms with Crippen LogP contribution in [0.4, 0.5) is 5.13 Å². The molecule has 1 heterocycles. The van der Waals surface area contributed by atoms with Crippen molar-refractivity contribution in [3.63, 3.8) is 0 Å². The minimum Gasteiger partial charge on any atom is -0.296 e. The molecule has 0 aliphatic carbocycles. The number of benzene rings is 1. The summed E-state index contributed by atoms with van der Waals surface area (Å²) in [6.07, 6.45) is 0. The molecule has 6 heteroatoms. The molecule has 0 aliphatic rings. The maximum Gasteiger partial charge on any atom is 0.257 e. The van der Waals surface area contributed by atoms with E-state index >= 15 is 0 Å². The summed E-state index contributed by atoms with van der Waals surface area (Å²) in [5.74, 6) is -0.155. The zero-order valence-electron chi connectivity index (χ0n) is 13.5. The number of rotatable bonds is 4. The van der Waals surface area contributed by atoms with Crippen LogP contribution in [0.15, 0.2) is 28.6 Å². The molecule has 1 N–H and O–H groups in total. The van der Waals surface area contributed by atoms with Crippen LogP contribution in [0.1, 0.15) is 50.5 Å². The van der Waals surface area contributed by atoms with Crippen molar-refractivity contribution in [3.05, 3.63) is 35.4 Å². The SMILES string of the molecule is CC(C)Sc1nnc(NC(=O)c2ccc(C(C)(C)C)cc2)s1. The quantitative estimate of drug-likeness (QED) is 0.656. The number of thioether (sulfide) groups is 1. The summed E-state index contributed by atoms with van der Waals surface area (Å²) in [6.45, 7) is 10.6. The third kappa shape index (κ3) is 4.55. The predicted octanol–water partition coefficient (Wildman–Crippen LogP) is 4.59. The van der Waals surface area contributed by atoms with E-state index in [-0.39, 0.29) is 11.3 Å².